The maximum absolute atomic E-state index is 12.5. The summed E-state index contributed by atoms with van der Waals surface area (Å²) in [6, 6.07) is 18.7. The van der Waals surface area contributed by atoms with Crippen molar-refractivity contribution in [2.45, 2.75) is 24.4 Å². The molecule has 5 aromatic rings. The van der Waals surface area contributed by atoms with Crippen LogP contribution < -0.4 is 10.3 Å². The van der Waals surface area contributed by atoms with E-state index in [0.29, 0.717) is 38.2 Å². The zero-order valence-corrected chi connectivity index (χ0v) is 19.9. The first-order chi connectivity index (χ1) is 16.1. The Balaban J connectivity index is 1.42. The zero-order valence-electron chi connectivity index (χ0n) is 17.5. The summed E-state index contributed by atoms with van der Waals surface area (Å²) < 4.78 is 9.47. The quantitative estimate of drug-likeness (QED) is 0.290. The predicted octanol–water partition coefficient (Wildman–Crippen LogP) is 5.17. The summed E-state index contributed by atoms with van der Waals surface area (Å²) in [6.07, 6.45) is 0. The number of para-hydroxylation sites is 2. The lowest BCUT2D eigenvalue weighted by Gasteiger charge is -2.11. The predicted molar refractivity (Wildman–Crippen MR) is 131 cm³/mol. The van der Waals surface area contributed by atoms with Crippen molar-refractivity contribution in [3.8, 4) is 11.4 Å². The van der Waals surface area contributed by atoms with E-state index in [9.17, 15) is 4.79 Å². The average Bonchev–Trinajstić information content (AvgIpc) is 3.41. The van der Waals surface area contributed by atoms with Gasteiger partial charge >= 0.3 is 0 Å². The summed E-state index contributed by atoms with van der Waals surface area (Å²) in [4.78, 5) is 17.8. The van der Waals surface area contributed by atoms with E-state index < -0.39 is 0 Å². The molecule has 0 spiro atoms. The normalized spacial score (nSPS) is 11.2. The molecule has 0 aliphatic rings. The van der Waals surface area contributed by atoms with Crippen LogP contribution in [0.1, 0.15) is 17.2 Å². The number of fused-ring (bicyclic) bond motifs is 1. The lowest BCUT2D eigenvalue weighted by molar-refractivity contribution is 0.293. The van der Waals surface area contributed by atoms with Crippen LogP contribution in [-0.4, -0.2) is 24.1 Å². The van der Waals surface area contributed by atoms with E-state index in [-0.39, 0.29) is 12.2 Å². The molecule has 0 atom stereocenters. The number of aromatic nitrogens is 5. The van der Waals surface area contributed by atoms with Crippen LogP contribution in [0.3, 0.4) is 0 Å². The van der Waals surface area contributed by atoms with E-state index in [1.807, 2.05) is 65.4 Å². The van der Waals surface area contributed by atoms with Gasteiger partial charge in [0.25, 0.3) is 5.56 Å². The molecule has 166 valence electrons. The topological polar surface area (TPSA) is 74.3 Å². The third-order valence-electron chi connectivity index (χ3n) is 4.89. The second kappa shape index (κ2) is 9.38. The molecule has 0 radical (unpaired) electrons. The Labute approximate surface area is 202 Å². The number of thioether (sulfide) groups is 1. The molecule has 2 aromatic carbocycles. The number of nitrogens with zero attached hydrogens (tertiary/aromatic N) is 5. The van der Waals surface area contributed by atoms with Gasteiger partial charge in [-0.05, 0) is 31.2 Å². The molecule has 33 heavy (non-hydrogen) atoms. The van der Waals surface area contributed by atoms with Crippen LogP contribution in [-0.2, 0) is 12.4 Å². The molecule has 3 heterocycles. The minimum Gasteiger partial charge on any atom is -0.484 e. The van der Waals surface area contributed by atoms with Crippen molar-refractivity contribution in [1.82, 2.24) is 24.1 Å². The highest BCUT2D eigenvalue weighted by Crippen LogP contribution is 2.27. The molecule has 0 fully saturated rings. The van der Waals surface area contributed by atoms with Crippen LogP contribution in [0.25, 0.3) is 10.6 Å². The molecule has 3 aromatic heterocycles. The van der Waals surface area contributed by atoms with Crippen molar-refractivity contribution in [1.29, 1.82) is 0 Å². The minimum absolute atomic E-state index is 0.0762. The molecule has 0 amide bonds. The van der Waals surface area contributed by atoms with Crippen LogP contribution in [0.5, 0.6) is 5.75 Å². The number of ether oxygens (including phenoxy) is 1. The van der Waals surface area contributed by atoms with E-state index in [2.05, 4.69) is 15.2 Å². The number of benzene rings is 2. The van der Waals surface area contributed by atoms with Crippen molar-refractivity contribution in [3.05, 3.63) is 98.6 Å². The van der Waals surface area contributed by atoms with Gasteiger partial charge in [-0.2, -0.15) is 0 Å². The number of hydrogen-bond acceptors (Lipinski definition) is 7. The molecule has 0 bridgehead atoms. The standard InChI is InChI=1S/C23H18ClN5O2S2/c1-15-13-32-22-25-16(11-21(30)28(15)22)14-33-23-27-26-20(29(23)17-7-3-2-4-8-17)12-31-19-10-6-5-9-18(19)24/h2-11,13H,12,14H2,1H3. The fourth-order valence-corrected chi connectivity index (χ4v) is 5.29. The zero-order chi connectivity index (χ0) is 22.8. The van der Waals surface area contributed by atoms with Gasteiger partial charge in [-0.1, -0.05) is 53.7 Å². The molecule has 10 heteroatoms. The first-order valence-electron chi connectivity index (χ1n) is 10.1. The Morgan fingerprint density at radius 3 is 2.70 bits per heavy atom. The van der Waals surface area contributed by atoms with E-state index in [1.165, 1.54) is 23.1 Å². The van der Waals surface area contributed by atoms with Crippen molar-refractivity contribution >= 4 is 39.7 Å². The highest BCUT2D eigenvalue weighted by atomic mass is 35.5. The molecule has 0 aliphatic heterocycles. The van der Waals surface area contributed by atoms with Crippen molar-refractivity contribution in [3.63, 3.8) is 0 Å². The lowest BCUT2D eigenvalue weighted by Crippen LogP contribution is -2.14. The van der Waals surface area contributed by atoms with Crippen molar-refractivity contribution in [2.24, 2.45) is 0 Å². The lowest BCUT2D eigenvalue weighted by atomic mass is 10.3. The first kappa shape index (κ1) is 21.7. The van der Waals surface area contributed by atoms with Crippen LogP contribution in [0.4, 0.5) is 0 Å². The molecule has 0 saturated carbocycles. The minimum atomic E-state index is -0.0762. The van der Waals surface area contributed by atoms with Gasteiger partial charge in [-0.15, -0.1) is 21.5 Å². The third-order valence-corrected chi connectivity index (χ3v) is 7.10. The number of aryl methyl sites for hydroxylation is 1. The van der Waals surface area contributed by atoms with E-state index >= 15 is 0 Å². The van der Waals surface area contributed by atoms with Gasteiger partial charge in [-0.25, -0.2) is 4.98 Å². The Bertz CT molecular complexity index is 1480. The van der Waals surface area contributed by atoms with Gasteiger partial charge in [0.15, 0.2) is 15.9 Å². The van der Waals surface area contributed by atoms with Gasteiger partial charge in [0.2, 0.25) is 0 Å². The average molecular weight is 496 g/mol. The highest BCUT2D eigenvalue weighted by Gasteiger charge is 2.16. The summed E-state index contributed by atoms with van der Waals surface area (Å²) in [7, 11) is 0. The summed E-state index contributed by atoms with van der Waals surface area (Å²) in [5, 5.41) is 11.9. The third kappa shape index (κ3) is 4.52. The Morgan fingerprint density at radius 2 is 1.88 bits per heavy atom. The highest BCUT2D eigenvalue weighted by molar-refractivity contribution is 7.98. The Kier molecular flexibility index (Phi) is 6.17. The van der Waals surface area contributed by atoms with Crippen LogP contribution >= 0.6 is 34.7 Å². The first-order valence-corrected chi connectivity index (χ1v) is 12.3. The van der Waals surface area contributed by atoms with Crippen molar-refractivity contribution < 1.29 is 4.74 Å². The van der Waals surface area contributed by atoms with Crippen molar-refractivity contribution in [2.75, 3.05) is 0 Å². The maximum atomic E-state index is 12.5. The molecule has 7 nitrogen and oxygen atoms in total. The van der Waals surface area contributed by atoms with Crippen LogP contribution in [0.15, 0.2) is 76.0 Å². The molecule has 5 rings (SSSR count). The molecule has 0 saturated heterocycles. The Morgan fingerprint density at radius 1 is 1.09 bits per heavy atom. The van der Waals surface area contributed by atoms with E-state index in [0.717, 1.165) is 11.4 Å². The molecule has 0 N–H and O–H groups in total. The van der Waals surface area contributed by atoms with E-state index in [1.54, 1.807) is 16.5 Å². The monoisotopic (exact) mass is 495 g/mol. The van der Waals surface area contributed by atoms with Crippen LogP contribution in [0, 0.1) is 6.92 Å². The van der Waals surface area contributed by atoms with Gasteiger partial charge in [-0.3, -0.25) is 13.8 Å². The molecular weight excluding hydrogens is 478 g/mol. The molecule has 0 aliphatic carbocycles. The van der Waals surface area contributed by atoms with Gasteiger partial charge in [0.05, 0.1) is 10.7 Å². The second-order valence-corrected chi connectivity index (χ2v) is 9.34. The van der Waals surface area contributed by atoms with Gasteiger partial charge in [0, 0.05) is 28.6 Å². The van der Waals surface area contributed by atoms with Gasteiger partial charge < -0.3 is 4.74 Å². The number of thiazole rings is 1. The number of rotatable bonds is 7. The number of hydrogen-bond donors (Lipinski definition) is 0. The number of halogens is 1. The largest absolute Gasteiger partial charge is 0.484 e. The fraction of sp³-hybridized carbons (Fsp3) is 0.130. The SMILES string of the molecule is Cc1csc2nc(CSc3nnc(COc4ccccc4Cl)n3-c3ccccc3)cc(=O)n12. The summed E-state index contributed by atoms with van der Waals surface area (Å²) >= 11 is 9.14. The summed E-state index contributed by atoms with van der Waals surface area (Å²) in [6.45, 7) is 2.10. The van der Waals surface area contributed by atoms with Gasteiger partial charge in [0.1, 0.15) is 12.4 Å². The molecular formula is C23H18ClN5O2S2. The smallest absolute Gasteiger partial charge is 0.258 e. The molecule has 0 unspecified atom stereocenters. The fourth-order valence-electron chi connectivity index (χ4n) is 3.34. The summed E-state index contributed by atoms with van der Waals surface area (Å²) in [5.74, 6) is 1.71. The summed E-state index contributed by atoms with van der Waals surface area (Å²) in [5.41, 5.74) is 2.43. The van der Waals surface area contributed by atoms with Crippen LogP contribution in [0.2, 0.25) is 5.02 Å². The Hall–Kier alpha value is -3.14. The maximum Gasteiger partial charge on any atom is 0.258 e. The van der Waals surface area contributed by atoms with E-state index in [4.69, 9.17) is 16.3 Å². The second-order valence-electron chi connectivity index (χ2n) is 7.16.